The van der Waals surface area contributed by atoms with Crippen molar-refractivity contribution in [1.82, 2.24) is 10.2 Å². The third kappa shape index (κ3) is 3.71. The molecule has 2 N–H and O–H groups in total. The number of hydrogen-bond acceptors (Lipinski definition) is 3. The Labute approximate surface area is 83.4 Å². The molecule has 0 aliphatic rings. The molecule has 0 saturated heterocycles. The standard InChI is InChI=1S/C10H14N4/c1-8(2)11-6-4-9(3)13-10-5-7-12-14-10/h4-7H,3H2,1-2H3,(H2,12,13,14)/b6-4-. The summed E-state index contributed by atoms with van der Waals surface area (Å²) in [5.41, 5.74) is 1.77. The van der Waals surface area contributed by atoms with Gasteiger partial charge in [-0.1, -0.05) is 6.58 Å². The Balaban J connectivity index is 2.44. The molecule has 1 aromatic rings. The van der Waals surface area contributed by atoms with Gasteiger partial charge in [0.15, 0.2) is 0 Å². The molecule has 0 saturated carbocycles. The Morgan fingerprint density at radius 2 is 2.43 bits per heavy atom. The van der Waals surface area contributed by atoms with Crippen LogP contribution in [-0.4, -0.2) is 15.9 Å². The van der Waals surface area contributed by atoms with Gasteiger partial charge in [0.05, 0.1) is 6.20 Å². The molecule has 14 heavy (non-hydrogen) atoms. The van der Waals surface area contributed by atoms with Crippen molar-refractivity contribution in [3.8, 4) is 0 Å². The summed E-state index contributed by atoms with van der Waals surface area (Å²) in [6.07, 6.45) is 5.18. The fraction of sp³-hybridized carbons (Fsp3) is 0.200. The van der Waals surface area contributed by atoms with Crippen molar-refractivity contribution in [3.05, 3.63) is 36.8 Å². The number of aliphatic imine (C=N–C) groups is 1. The highest BCUT2D eigenvalue weighted by molar-refractivity contribution is 5.79. The predicted molar refractivity (Wildman–Crippen MR) is 59.3 cm³/mol. The Morgan fingerprint density at radius 3 is 3.00 bits per heavy atom. The van der Waals surface area contributed by atoms with Crippen molar-refractivity contribution in [2.75, 3.05) is 5.32 Å². The van der Waals surface area contributed by atoms with E-state index in [9.17, 15) is 0 Å². The van der Waals surface area contributed by atoms with Gasteiger partial charge in [0.25, 0.3) is 0 Å². The van der Waals surface area contributed by atoms with Crippen molar-refractivity contribution < 1.29 is 0 Å². The smallest absolute Gasteiger partial charge is 0.125 e. The lowest BCUT2D eigenvalue weighted by atomic mass is 10.4. The lowest BCUT2D eigenvalue weighted by Crippen LogP contribution is -1.94. The summed E-state index contributed by atoms with van der Waals surface area (Å²) in [4.78, 5) is 4.10. The fourth-order valence-corrected chi connectivity index (χ4v) is 0.816. The highest BCUT2D eigenvalue weighted by Crippen LogP contribution is 2.03. The molecule has 1 rings (SSSR count). The average Bonchev–Trinajstić information content (AvgIpc) is 2.56. The van der Waals surface area contributed by atoms with Crippen molar-refractivity contribution in [3.63, 3.8) is 0 Å². The fourth-order valence-electron chi connectivity index (χ4n) is 0.816. The molecule has 0 bridgehead atoms. The van der Waals surface area contributed by atoms with Crippen LogP contribution in [0.4, 0.5) is 5.82 Å². The summed E-state index contributed by atoms with van der Waals surface area (Å²) in [7, 11) is 0. The van der Waals surface area contributed by atoms with Gasteiger partial charge in [0.2, 0.25) is 0 Å². The molecular weight excluding hydrogens is 176 g/mol. The van der Waals surface area contributed by atoms with Crippen molar-refractivity contribution in [1.29, 1.82) is 0 Å². The zero-order chi connectivity index (χ0) is 10.4. The van der Waals surface area contributed by atoms with Crippen LogP contribution in [0.3, 0.4) is 0 Å². The molecule has 0 spiro atoms. The van der Waals surface area contributed by atoms with Crippen LogP contribution < -0.4 is 5.32 Å². The van der Waals surface area contributed by atoms with Gasteiger partial charge in [-0.25, -0.2) is 0 Å². The molecule has 0 amide bonds. The molecule has 0 radical (unpaired) electrons. The quantitative estimate of drug-likeness (QED) is 0.565. The molecule has 0 unspecified atom stereocenters. The lowest BCUT2D eigenvalue weighted by Gasteiger charge is -2.00. The minimum Gasteiger partial charge on any atom is -0.341 e. The number of aromatic nitrogens is 2. The van der Waals surface area contributed by atoms with Crippen LogP contribution in [-0.2, 0) is 0 Å². The number of aromatic amines is 1. The maximum Gasteiger partial charge on any atom is 0.125 e. The monoisotopic (exact) mass is 190 g/mol. The minimum absolute atomic E-state index is 0.763. The molecule has 1 aromatic heterocycles. The maximum absolute atomic E-state index is 4.10. The lowest BCUT2D eigenvalue weighted by molar-refractivity contribution is 1.09. The summed E-state index contributed by atoms with van der Waals surface area (Å²) in [6, 6.07) is 1.83. The van der Waals surface area contributed by atoms with E-state index in [0.29, 0.717) is 0 Å². The minimum atomic E-state index is 0.763. The molecule has 1 heterocycles. The second-order valence-electron chi connectivity index (χ2n) is 3.01. The number of nitrogens with one attached hydrogen (secondary N) is 2. The first kappa shape index (κ1) is 10.2. The van der Waals surface area contributed by atoms with Gasteiger partial charge >= 0.3 is 0 Å². The largest absolute Gasteiger partial charge is 0.341 e. The molecule has 0 fully saturated rings. The van der Waals surface area contributed by atoms with Gasteiger partial charge in [-0.3, -0.25) is 10.1 Å². The summed E-state index contributed by atoms with van der Waals surface area (Å²) >= 11 is 0. The number of nitrogens with zero attached hydrogens (tertiary/aromatic N) is 2. The zero-order valence-corrected chi connectivity index (χ0v) is 8.41. The maximum atomic E-state index is 4.10. The normalized spacial score (nSPS) is 10.1. The molecule has 0 aliphatic carbocycles. The van der Waals surface area contributed by atoms with Gasteiger partial charge in [0, 0.05) is 23.7 Å². The van der Waals surface area contributed by atoms with Gasteiger partial charge in [-0.05, 0) is 19.9 Å². The second-order valence-corrected chi connectivity index (χ2v) is 3.01. The Kier molecular flexibility index (Phi) is 3.67. The van der Waals surface area contributed by atoms with Crippen molar-refractivity contribution in [2.24, 2.45) is 4.99 Å². The van der Waals surface area contributed by atoms with E-state index in [0.717, 1.165) is 17.2 Å². The van der Waals surface area contributed by atoms with Crippen LogP contribution >= 0.6 is 0 Å². The summed E-state index contributed by atoms with van der Waals surface area (Å²) in [6.45, 7) is 7.69. The van der Waals surface area contributed by atoms with E-state index in [1.807, 2.05) is 19.9 Å². The molecular formula is C10H14N4. The first-order valence-corrected chi connectivity index (χ1v) is 4.31. The van der Waals surface area contributed by atoms with E-state index in [2.05, 4.69) is 27.1 Å². The van der Waals surface area contributed by atoms with Crippen LogP contribution in [0, 0.1) is 0 Å². The number of anilines is 1. The zero-order valence-electron chi connectivity index (χ0n) is 8.41. The van der Waals surface area contributed by atoms with Crippen LogP contribution in [0.25, 0.3) is 0 Å². The topological polar surface area (TPSA) is 53.1 Å². The Morgan fingerprint density at radius 1 is 1.64 bits per heavy atom. The number of hydrogen-bond donors (Lipinski definition) is 2. The van der Waals surface area contributed by atoms with Gasteiger partial charge in [-0.2, -0.15) is 5.10 Å². The third-order valence-electron chi connectivity index (χ3n) is 1.40. The third-order valence-corrected chi connectivity index (χ3v) is 1.40. The average molecular weight is 190 g/mol. The first-order chi connectivity index (χ1) is 6.68. The van der Waals surface area contributed by atoms with Crippen LogP contribution in [0.15, 0.2) is 41.8 Å². The summed E-state index contributed by atoms with van der Waals surface area (Å²) in [5, 5.41) is 9.61. The van der Waals surface area contributed by atoms with E-state index in [1.54, 1.807) is 18.5 Å². The molecule has 0 aliphatic heterocycles. The van der Waals surface area contributed by atoms with E-state index in [-0.39, 0.29) is 0 Å². The molecule has 74 valence electrons. The molecule has 0 atom stereocenters. The van der Waals surface area contributed by atoms with E-state index >= 15 is 0 Å². The number of H-pyrrole nitrogens is 1. The number of allylic oxidation sites excluding steroid dienone is 1. The van der Waals surface area contributed by atoms with E-state index in [4.69, 9.17) is 0 Å². The van der Waals surface area contributed by atoms with E-state index in [1.165, 1.54) is 0 Å². The molecule has 0 aromatic carbocycles. The Hall–Kier alpha value is -1.84. The second kappa shape index (κ2) is 5.01. The van der Waals surface area contributed by atoms with Crippen LogP contribution in [0.2, 0.25) is 0 Å². The highest BCUT2D eigenvalue weighted by atomic mass is 15.2. The molecule has 4 nitrogen and oxygen atoms in total. The van der Waals surface area contributed by atoms with Gasteiger partial charge < -0.3 is 5.32 Å². The van der Waals surface area contributed by atoms with Crippen molar-refractivity contribution in [2.45, 2.75) is 13.8 Å². The van der Waals surface area contributed by atoms with Gasteiger partial charge in [-0.15, -0.1) is 0 Å². The number of rotatable bonds is 4. The van der Waals surface area contributed by atoms with Gasteiger partial charge in [0.1, 0.15) is 5.82 Å². The predicted octanol–water partition coefficient (Wildman–Crippen LogP) is 2.33. The summed E-state index contributed by atoms with van der Waals surface area (Å²) < 4.78 is 0. The van der Waals surface area contributed by atoms with Crippen LogP contribution in [0.5, 0.6) is 0 Å². The Bertz CT molecular complexity index is 342. The summed E-state index contributed by atoms with van der Waals surface area (Å²) in [5.74, 6) is 0.817. The van der Waals surface area contributed by atoms with Crippen molar-refractivity contribution >= 4 is 11.5 Å². The van der Waals surface area contributed by atoms with E-state index < -0.39 is 0 Å². The molecule has 4 heteroatoms. The highest BCUT2D eigenvalue weighted by Gasteiger charge is 1.91. The SMILES string of the molecule is C=C(/C=C\N=C(C)C)Nc1ccn[nH]1. The van der Waals surface area contributed by atoms with Crippen LogP contribution in [0.1, 0.15) is 13.8 Å². The first-order valence-electron chi connectivity index (χ1n) is 4.31.